The smallest absolute Gasteiger partial charge is 0.411 e. The lowest BCUT2D eigenvalue weighted by atomic mass is 9.92. The van der Waals surface area contributed by atoms with Gasteiger partial charge in [0.1, 0.15) is 11.9 Å². The fourth-order valence-electron chi connectivity index (χ4n) is 5.40. The number of fused-ring (bicyclic) bond motifs is 1. The third-order valence-electron chi connectivity index (χ3n) is 7.69. The van der Waals surface area contributed by atoms with Gasteiger partial charge in [0.25, 0.3) is 0 Å². The van der Waals surface area contributed by atoms with E-state index in [9.17, 15) is 4.79 Å². The molecule has 6 rings (SSSR count). The molecule has 0 saturated heterocycles. The van der Waals surface area contributed by atoms with Gasteiger partial charge in [-0.25, -0.2) is 4.79 Å². The Morgan fingerprint density at radius 1 is 1.17 bits per heavy atom. The van der Waals surface area contributed by atoms with Crippen molar-refractivity contribution in [2.45, 2.75) is 64.5 Å². The standard InChI is InChI=1S/C29H34N4O3/c1-3-35-23-13-14-24-26(17-23)33(22-5-4-6-22)28(27(24)25-15-16-30-32-25)20-9-11-21(12-10-20)31-29(34)36-18(2)19-7-8-19/h9-14,17-19,22,30H,3-8,15-16H2,1-2H3,(H,31,34). The maximum atomic E-state index is 12.4. The Bertz CT molecular complexity index is 1300. The second-order valence-electron chi connectivity index (χ2n) is 10.2. The summed E-state index contributed by atoms with van der Waals surface area (Å²) in [5.41, 5.74) is 9.70. The second kappa shape index (κ2) is 9.52. The van der Waals surface area contributed by atoms with Crippen molar-refractivity contribution in [1.82, 2.24) is 9.99 Å². The molecule has 1 atom stereocenters. The molecule has 7 nitrogen and oxygen atoms in total. The number of hydrogen-bond donors (Lipinski definition) is 2. The van der Waals surface area contributed by atoms with Gasteiger partial charge in [0.15, 0.2) is 0 Å². The molecule has 1 amide bonds. The first kappa shape index (κ1) is 23.0. The predicted octanol–water partition coefficient (Wildman–Crippen LogP) is 6.48. The van der Waals surface area contributed by atoms with E-state index >= 15 is 0 Å². The summed E-state index contributed by atoms with van der Waals surface area (Å²) in [6.45, 7) is 5.48. The molecule has 188 valence electrons. The summed E-state index contributed by atoms with van der Waals surface area (Å²) >= 11 is 0. The molecule has 2 N–H and O–H groups in total. The van der Waals surface area contributed by atoms with Crippen LogP contribution in [0.15, 0.2) is 47.6 Å². The third kappa shape index (κ3) is 4.31. The van der Waals surface area contributed by atoms with Gasteiger partial charge in [-0.3, -0.25) is 5.32 Å². The molecule has 1 unspecified atom stereocenters. The Hall–Kier alpha value is -3.48. The van der Waals surface area contributed by atoms with E-state index in [1.54, 1.807) is 0 Å². The lowest BCUT2D eigenvalue weighted by Crippen LogP contribution is -2.21. The molecule has 1 aliphatic heterocycles. The summed E-state index contributed by atoms with van der Waals surface area (Å²) in [4.78, 5) is 12.4. The maximum absolute atomic E-state index is 12.4. The van der Waals surface area contributed by atoms with Gasteiger partial charge in [0, 0.05) is 41.7 Å². The van der Waals surface area contributed by atoms with Gasteiger partial charge in [-0.2, -0.15) is 5.10 Å². The Kier molecular flexibility index (Phi) is 6.07. The Morgan fingerprint density at radius 2 is 1.97 bits per heavy atom. The molecule has 2 heterocycles. The normalized spacial score (nSPS) is 18.3. The van der Waals surface area contributed by atoms with Crippen molar-refractivity contribution in [3.05, 3.63) is 48.0 Å². The molecular weight excluding hydrogens is 452 g/mol. The van der Waals surface area contributed by atoms with Crippen LogP contribution in [0.1, 0.15) is 64.0 Å². The average molecular weight is 487 g/mol. The maximum Gasteiger partial charge on any atom is 0.411 e. The van der Waals surface area contributed by atoms with Crippen LogP contribution in [0.2, 0.25) is 0 Å². The number of nitrogens with zero attached hydrogens (tertiary/aromatic N) is 2. The summed E-state index contributed by atoms with van der Waals surface area (Å²) in [7, 11) is 0. The first-order valence-corrected chi connectivity index (χ1v) is 13.3. The van der Waals surface area contributed by atoms with Gasteiger partial charge in [-0.1, -0.05) is 12.1 Å². The van der Waals surface area contributed by atoms with Crippen LogP contribution in [0.5, 0.6) is 5.75 Å². The zero-order valence-corrected chi connectivity index (χ0v) is 21.0. The molecule has 2 aromatic carbocycles. The van der Waals surface area contributed by atoms with E-state index in [0.29, 0.717) is 18.6 Å². The molecule has 36 heavy (non-hydrogen) atoms. The number of nitrogens with one attached hydrogen (secondary N) is 2. The molecule has 0 spiro atoms. The van der Waals surface area contributed by atoms with Crippen molar-refractivity contribution in [3.63, 3.8) is 0 Å². The number of hydrogen-bond acceptors (Lipinski definition) is 5. The largest absolute Gasteiger partial charge is 0.494 e. The highest BCUT2D eigenvalue weighted by Gasteiger charge is 2.31. The van der Waals surface area contributed by atoms with Gasteiger partial charge in [0.2, 0.25) is 0 Å². The number of carbonyl (C=O) groups excluding carboxylic acids is 1. The van der Waals surface area contributed by atoms with Gasteiger partial charge < -0.3 is 19.5 Å². The first-order chi connectivity index (χ1) is 17.6. The summed E-state index contributed by atoms with van der Waals surface area (Å²) in [5.74, 6) is 1.41. The second-order valence-corrected chi connectivity index (χ2v) is 10.2. The number of aromatic nitrogens is 1. The van der Waals surface area contributed by atoms with Gasteiger partial charge in [0.05, 0.1) is 23.5 Å². The van der Waals surface area contributed by atoms with Crippen LogP contribution >= 0.6 is 0 Å². The fraction of sp³-hybridized carbons (Fsp3) is 0.448. The van der Waals surface area contributed by atoms with E-state index in [1.807, 2.05) is 26.0 Å². The zero-order valence-electron chi connectivity index (χ0n) is 21.0. The van der Waals surface area contributed by atoms with Crippen LogP contribution in [-0.2, 0) is 4.74 Å². The van der Waals surface area contributed by atoms with E-state index in [2.05, 4.69) is 50.7 Å². The van der Waals surface area contributed by atoms with Crippen LogP contribution in [0, 0.1) is 5.92 Å². The number of ether oxygens (including phenoxy) is 2. The number of amides is 1. The van der Waals surface area contributed by atoms with Gasteiger partial charge >= 0.3 is 6.09 Å². The molecule has 2 fully saturated rings. The number of carbonyl (C=O) groups is 1. The number of hydrazone groups is 1. The molecule has 3 aliphatic rings. The monoisotopic (exact) mass is 486 g/mol. The number of anilines is 1. The quantitative estimate of drug-likeness (QED) is 0.382. The summed E-state index contributed by atoms with van der Waals surface area (Å²) in [5, 5.41) is 8.77. The third-order valence-corrected chi connectivity index (χ3v) is 7.69. The highest BCUT2D eigenvalue weighted by Crippen LogP contribution is 2.44. The topological polar surface area (TPSA) is 76.9 Å². The van der Waals surface area contributed by atoms with Crippen LogP contribution in [0.3, 0.4) is 0 Å². The summed E-state index contributed by atoms with van der Waals surface area (Å²) < 4.78 is 13.9. The van der Waals surface area contributed by atoms with Gasteiger partial charge in [-0.05, 0) is 81.7 Å². The lowest BCUT2D eigenvalue weighted by Gasteiger charge is -2.30. The number of rotatable bonds is 8. The van der Waals surface area contributed by atoms with Crippen molar-refractivity contribution in [2.75, 3.05) is 18.5 Å². The van der Waals surface area contributed by atoms with Crippen LogP contribution < -0.4 is 15.5 Å². The van der Waals surface area contributed by atoms with Crippen molar-refractivity contribution in [3.8, 4) is 17.0 Å². The average Bonchev–Trinajstić information content (AvgIpc) is 3.47. The highest BCUT2D eigenvalue weighted by atomic mass is 16.6. The summed E-state index contributed by atoms with van der Waals surface area (Å²) in [6.07, 6.45) is 6.36. The minimum Gasteiger partial charge on any atom is -0.494 e. The van der Waals surface area contributed by atoms with Gasteiger partial charge in [-0.15, -0.1) is 0 Å². The molecule has 7 heteroatoms. The van der Waals surface area contributed by atoms with E-state index in [-0.39, 0.29) is 12.2 Å². The van der Waals surface area contributed by atoms with E-state index < -0.39 is 0 Å². The minimum absolute atomic E-state index is 0.0348. The minimum atomic E-state index is -0.388. The van der Waals surface area contributed by atoms with E-state index in [1.165, 1.54) is 41.4 Å². The predicted molar refractivity (Wildman–Crippen MR) is 143 cm³/mol. The highest BCUT2D eigenvalue weighted by molar-refractivity contribution is 6.16. The molecule has 2 aliphatic carbocycles. The number of benzene rings is 2. The Morgan fingerprint density at radius 3 is 2.61 bits per heavy atom. The molecule has 3 aromatic rings. The Balaban J connectivity index is 1.39. The first-order valence-electron chi connectivity index (χ1n) is 13.3. The molecule has 0 bridgehead atoms. The van der Waals surface area contributed by atoms with E-state index in [4.69, 9.17) is 9.47 Å². The molecule has 2 saturated carbocycles. The fourth-order valence-corrected chi connectivity index (χ4v) is 5.40. The van der Waals surface area contributed by atoms with Crippen molar-refractivity contribution >= 4 is 28.4 Å². The van der Waals surface area contributed by atoms with Crippen LogP contribution in [0.4, 0.5) is 10.5 Å². The summed E-state index contributed by atoms with van der Waals surface area (Å²) in [6, 6.07) is 15.0. The van der Waals surface area contributed by atoms with Crippen molar-refractivity contribution in [2.24, 2.45) is 11.0 Å². The molecule has 1 aromatic heterocycles. The SMILES string of the molecule is CCOc1ccc2c(C3=NNCC3)c(-c3ccc(NC(=O)OC(C)C4CC4)cc3)n(C3CCC3)c2c1. The van der Waals surface area contributed by atoms with Crippen LogP contribution in [-0.4, -0.2) is 35.6 Å². The van der Waals surface area contributed by atoms with Crippen molar-refractivity contribution < 1.29 is 14.3 Å². The van der Waals surface area contributed by atoms with Crippen LogP contribution in [0.25, 0.3) is 22.2 Å². The molecule has 0 radical (unpaired) electrons. The zero-order chi connectivity index (χ0) is 24.6. The van der Waals surface area contributed by atoms with E-state index in [0.717, 1.165) is 48.5 Å². The molecular formula is C29H34N4O3. The Labute approximate surface area is 211 Å². The lowest BCUT2D eigenvalue weighted by molar-refractivity contribution is 0.108. The van der Waals surface area contributed by atoms with Crippen molar-refractivity contribution in [1.29, 1.82) is 0 Å².